The summed E-state index contributed by atoms with van der Waals surface area (Å²) in [7, 11) is 1.56. The Hall–Kier alpha value is -2.40. The lowest BCUT2D eigenvalue weighted by Gasteiger charge is -2.06. The average molecular weight is 314 g/mol. The Balaban J connectivity index is 1.87. The van der Waals surface area contributed by atoms with Crippen molar-refractivity contribution >= 4 is 22.2 Å². The van der Waals surface area contributed by atoms with Crippen LogP contribution < -0.4 is 10.1 Å². The second-order valence-corrected chi connectivity index (χ2v) is 5.73. The molecule has 1 heterocycles. The Morgan fingerprint density at radius 1 is 1.14 bits per heavy atom. The zero-order valence-corrected chi connectivity index (χ0v) is 13.1. The van der Waals surface area contributed by atoms with E-state index in [-0.39, 0.29) is 5.82 Å². The second-order valence-electron chi connectivity index (χ2n) is 4.87. The van der Waals surface area contributed by atoms with Crippen molar-refractivity contribution in [3.8, 4) is 17.0 Å². The Labute approximate surface area is 132 Å². The molecule has 0 aliphatic heterocycles. The van der Waals surface area contributed by atoms with Gasteiger partial charge in [0.15, 0.2) is 5.13 Å². The first kappa shape index (κ1) is 14.5. The highest BCUT2D eigenvalue weighted by atomic mass is 32.1. The largest absolute Gasteiger partial charge is 0.496 e. The van der Waals surface area contributed by atoms with Gasteiger partial charge in [-0.25, -0.2) is 9.37 Å². The molecule has 0 saturated carbocycles. The van der Waals surface area contributed by atoms with E-state index in [1.807, 2.05) is 36.6 Å². The first-order valence-corrected chi connectivity index (χ1v) is 7.67. The Morgan fingerprint density at radius 2 is 1.91 bits per heavy atom. The molecule has 0 saturated heterocycles. The van der Waals surface area contributed by atoms with E-state index in [9.17, 15) is 4.39 Å². The molecule has 0 aliphatic carbocycles. The van der Waals surface area contributed by atoms with E-state index in [4.69, 9.17) is 4.74 Å². The molecule has 1 aromatic heterocycles. The summed E-state index contributed by atoms with van der Waals surface area (Å²) < 4.78 is 18.7. The maximum absolute atomic E-state index is 13.5. The number of thiazole rings is 1. The van der Waals surface area contributed by atoms with Gasteiger partial charge in [-0.2, -0.15) is 0 Å². The molecule has 0 fully saturated rings. The van der Waals surface area contributed by atoms with Gasteiger partial charge in [-0.15, -0.1) is 11.3 Å². The van der Waals surface area contributed by atoms with Gasteiger partial charge in [0.25, 0.3) is 0 Å². The first-order chi connectivity index (χ1) is 10.7. The number of anilines is 2. The lowest BCUT2D eigenvalue weighted by molar-refractivity contribution is 0.415. The van der Waals surface area contributed by atoms with Crippen LogP contribution >= 0.6 is 11.3 Å². The summed E-state index contributed by atoms with van der Waals surface area (Å²) >= 11 is 1.47. The number of rotatable bonds is 4. The fraction of sp³-hybridized carbons (Fsp3) is 0.118. The van der Waals surface area contributed by atoms with Crippen LogP contribution in [0.2, 0.25) is 0 Å². The number of ether oxygens (including phenoxy) is 1. The smallest absolute Gasteiger partial charge is 0.187 e. The van der Waals surface area contributed by atoms with Gasteiger partial charge in [-0.1, -0.05) is 17.7 Å². The molecule has 22 heavy (non-hydrogen) atoms. The Morgan fingerprint density at radius 3 is 2.64 bits per heavy atom. The van der Waals surface area contributed by atoms with Crippen molar-refractivity contribution < 1.29 is 9.13 Å². The molecule has 0 aliphatic rings. The zero-order chi connectivity index (χ0) is 15.5. The van der Waals surface area contributed by atoms with E-state index in [2.05, 4.69) is 10.3 Å². The number of halogens is 1. The molecule has 112 valence electrons. The van der Waals surface area contributed by atoms with Crippen molar-refractivity contribution in [2.24, 2.45) is 0 Å². The van der Waals surface area contributed by atoms with Gasteiger partial charge in [0.2, 0.25) is 0 Å². The van der Waals surface area contributed by atoms with Crippen LogP contribution in [0.15, 0.2) is 47.8 Å². The highest BCUT2D eigenvalue weighted by Crippen LogP contribution is 2.33. The number of aromatic nitrogens is 1. The van der Waals surface area contributed by atoms with Gasteiger partial charge < -0.3 is 10.1 Å². The van der Waals surface area contributed by atoms with E-state index in [0.717, 1.165) is 10.8 Å². The molecule has 0 radical (unpaired) electrons. The number of nitrogens with one attached hydrogen (secondary N) is 1. The lowest BCUT2D eigenvalue weighted by Crippen LogP contribution is -1.91. The summed E-state index contributed by atoms with van der Waals surface area (Å²) in [6.45, 7) is 2.04. The van der Waals surface area contributed by atoms with Gasteiger partial charge in [-0.05, 0) is 37.3 Å². The number of nitrogens with zero attached hydrogens (tertiary/aromatic N) is 1. The first-order valence-electron chi connectivity index (χ1n) is 6.79. The van der Waals surface area contributed by atoms with Crippen LogP contribution in [0.4, 0.5) is 15.2 Å². The molecule has 3 nitrogen and oxygen atoms in total. The quantitative estimate of drug-likeness (QED) is 0.735. The van der Waals surface area contributed by atoms with E-state index >= 15 is 0 Å². The molecule has 3 rings (SSSR count). The van der Waals surface area contributed by atoms with Crippen molar-refractivity contribution in [1.82, 2.24) is 4.98 Å². The van der Waals surface area contributed by atoms with Crippen molar-refractivity contribution in [1.29, 1.82) is 0 Å². The van der Waals surface area contributed by atoms with Crippen molar-refractivity contribution in [3.63, 3.8) is 0 Å². The molecular formula is C17H15FN2OS. The highest BCUT2D eigenvalue weighted by molar-refractivity contribution is 7.14. The molecule has 0 spiro atoms. The van der Waals surface area contributed by atoms with Crippen LogP contribution in [0.25, 0.3) is 11.3 Å². The zero-order valence-electron chi connectivity index (χ0n) is 12.3. The summed E-state index contributed by atoms with van der Waals surface area (Å²) in [5.74, 6) is 0.297. The summed E-state index contributed by atoms with van der Waals surface area (Å²) in [4.78, 5) is 4.51. The minimum absolute atomic E-state index is 0.308. The van der Waals surface area contributed by atoms with Crippen LogP contribution in [0, 0.1) is 12.7 Å². The molecule has 2 aromatic carbocycles. The van der Waals surface area contributed by atoms with Crippen molar-refractivity contribution in [2.45, 2.75) is 6.92 Å². The molecule has 0 amide bonds. The minimum atomic E-state index is -0.308. The summed E-state index contributed by atoms with van der Waals surface area (Å²) in [5, 5.41) is 5.88. The van der Waals surface area contributed by atoms with E-state index in [1.165, 1.54) is 29.0 Å². The maximum Gasteiger partial charge on any atom is 0.187 e. The van der Waals surface area contributed by atoms with Crippen LogP contribution in [0.3, 0.4) is 0 Å². The van der Waals surface area contributed by atoms with Crippen molar-refractivity contribution in [3.05, 3.63) is 59.2 Å². The standard InChI is InChI=1S/C17H15FN2OS/c1-11-3-6-13(7-4-11)19-17-20-15(10-22-17)14-9-12(18)5-8-16(14)21-2/h3-10H,1-2H3,(H,19,20). The number of hydrogen-bond donors (Lipinski definition) is 1. The molecular weight excluding hydrogens is 299 g/mol. The third kappa shape index (κ3) is 3.09. The predicted molar refractivity (Wildman–Crippen MR) is 88.5 cm³/mol. The number of benzene rings is 2. The molecule has 0 atom stereocenters. The Kier molecular flexibility index (Phi) is 4.06. The van der Waals surface area contributed by atoms with Crippen LogP contribution in [-0.4, -0.2) is 12.1 Å². The highest BCUT2D eigenvalue weighted by Gasteiger charge is 2.11. The van der Waals surface area contributed by atoms with E-state index in [0.29, 0.717) is 17.0 Å². The topological polar surface area (TPSA) is 34.1 Å². The average Bonchev–Trinajstić information content (AvgIpc) is 2.98. The lowest BCUT2D eigenvalue weighted by atomic mass is 10.1. The second kappa shape index (κ2) is 6.15. The molecule has 3 aromatic rings. The Bertz CT molecular complexity index is 784. The van der Waals surface area contributed by atoms with Crippen molar-refractivity contribution in [2.75, 3.05) is 12.4 Å². The molecule has 0 unspecified atom stereocenters. The molecule has 1 N–H and O–H groups in total. The number of hydrogen-bond acceptors (Lipinski definition) is 4. The summed E-state index contributed by atoms with van der Waals surface area (Å²) in [6.07, 6.45) is 0. The van der Waals surface area contributed by atoms with Crippen LogP contribution in [0.1, 0.15) is 5.56 Å². The van der Waals surface area contributed by atoms with Crippen LogP contribution in [-0.2, 0) is 0 Å². The normalized spacial score (nSPS) is 10.5. The fourth-order valence-electron chi connectivity index (χ4n) is 2.10. The maximum atomic E-state index is 13.5. The van der Waals surface area contributed by atoms with Gasteiger partial charge in [-0.3, -0.25) is 0 Å². The minimum Gasteiger partial charge on any atom is -0.496 e. The SMILES string of the molecule is COc1ccc(F)cc1-c1csc(Nc2ccc(C)cc2)n1. The van der Waals surface area contributed by atoms with Gasteiger partial charge in [0.1, 0.15) is 11.6 Å². The number of aryl methyl sites for hydroxylation is 1. The predicted octanol–water partition coefficient (Wildman–Crippen LogP) is 5.01. The molecule has 5 heteroatoms. The third-order valence-corrected chi connectivity index (χ3v) is 4.00. The summed E-state index contributed by atoms with van der Waals surface area (Å²) in [6, 6.07) is 12.5. The fourth-order valence-corrected chi connectivity index (χ4v) is 2.83. The summed E-state index contributed by atoms with van der Waals surface area (Å²) in [5.41, 5.74) is 3.51. The van der Waals surface area contributed by atoms with E-state index < -0.39 is 0 Å². The number of methoxy groups -OCH3 is 1. The van der Waals surface area contributed by atoms with Gasteiger partial charge >= 0.3 is 0 Å². The van der Waals surface area contributed by atoms with Gasteiger partial charge in [0, 0.05) is 16.6 Å². The third-order valence-electron chi connectivity index (χ3n) is 3.24. The van der Waals surface area contributed by atoms with E-state index in [1.54, 1.807) is 13.2 Å². The van der Waals surface area contributed by atoms with Gasteiger partial charge in [0.05, 0.1) is 12.8 Å². The monoisotopic (exact) mass is 314 g/mol. The molecule has 0 bridgehead atoms. The van der Waals surface area contributed by atoms with Crippen LogP contribution in [0.5, 0.6) is 5.75 Å².